The zero-order valence-electron chi connectivity index (χ0n) is 20.3. The van der Waals surface area contributed by atoms with Gasteiger partial charge >= 0.3 is 16.2 Å². The molecule has 0 saturated carbocycles. The van der Waals surface area contributed by atoms with Gasteiger partial charge in [0.1, 0.15) is 0 Å². The van der Waals surface area contributed by atoms with Crippen LogP contribution in [0.2, 0.25) is 0 Å². The molecule has 3 aromatic rings. The predicted octanol–water partition coefficient (Wildman–Crippen LogP) is 4.74. The van der Waals surface area contributed by atoms with Crippen molar-refractivity contribution in [2.75, 3.05) is 5.32 Å². The van der Waals surface area contributed by atoms with E-state index in [-0.39, 0.29) is 24.9 Å². The number of carbonyl (C=O) groups excluding carboxylic acids is 1. The average molecular weight is 484 g/mol. The third-order valence-corrected chi connectivity index (χ3v) is 6.86. The summed E-state index contributed by atoms with van der Waals surface area (Å²) in [6.07, 6.45) is 1.75. The van der Waals surface area contributed by atoms with E-state index in [1.54, 1.807) is 24.0 Å². The van der Waals surface area contributed by atoms with Crippen molar-refractivity contribution >= 4 is 21.9 Å². The van der Waals surface area contributed by atoms with E-state index < -0.39 is 16.2 Å². The molecule has 0 atom stereocenters. The maximum Gasteiger partial charge on any atom is 0.333 e. The Hall–Kier alpha value is -3.17. The largest absolute Gasteiger partial charge is 0.333 e. The van der Waals surface area contributed by atoms with Gasteiger partial charge in [-0.2, -0.15) is 17.8 Å². The Morgan fingerprint density at radius 3 is 2.09 bits per heavy atom. The van der Waals surface area contributed by atoms with E-state index in [0.29, 0.717) is 11.4 Å². The molecule has 0 aliphatic carbocycles. The third-order valence-electron chi connectivity index (χ3n) is 5.48. The van der Waals surface area contributed by atoms with Crippen LogP contribution in [0.25, 0.3) is 0 Å². The van der Waals surface area contributed by atoms with Crippen LogP contribution in [0.1, 0.15) is 61.9 Å². The fourth-order valence-electron chi connectivity index (χ4n) is 3.76. The number of aromatic nitrogens is 2. The summed E-state index contributed by atoms with van der Waals surface area (Å²) >= 11 is 0. The highest BCUT2D eigenvalue weighted by Gasteiger charge is 2.27. The molecule has 1 heterocycles. The maximum absolute atomic E-state index is 13.3. The van der Waals surface area contributed by atoms with Crippen molar-refractivity contribution in [3.05, 3.63) is 83.2 Å². The summed E-state index contributed by atoms with van der Waals surface area (Å²) in [6.45, 7) is 8.26. The number of anilines is 1. The molecule has 3 rings (SSSR count). The van der Waals surface area contributed by atoms with E-state index in [2.05, 4.69) is 15.1 Å². The van der Waals surface area contributed by atoms with Crippen LogP contribution < -0.4 is 10.0 Å². The average Bonchev–Trinajstić information content (AvgIpc) is 3.18. The van der Waals surface area contributed by atoms with Gasteiger partial charge in [0.2, 0.25) is 0 Å². The fourth-order valence-corrected chi connectivity index (χ4v) is 4.79. The number of benzene rings is 2. The first-order chi connectivity index (χ1) is 16.1. The number of amides is 2. The first-order valence-corrected chi connectivity index (χ1v) is 12.7. The lowest BCUT2D eigenvalue weighted by Gasteiger charge is -2.23. The van der Waals surface area contributed by atoms with Gasteiger partial charge in [0.05, 0.1) is 12.2 Å². The number of aryl methyl sites for hydroxylation is 1. The lowest BCUT2D eigenvalue weighted by molar-refractivity contribution is 0.255. The Kier molecular flexibility index (Phi) is 8.11. The zero-order chi connectivity index (χ0) is 24.9. The summed E-state index contributed by atoms with van der Waals surface area (Å²) in [5.41, 5.74) is 3.94. The van der Waals surface area contributed by atoms with Crippen LogP contribution in [0.4, 0.5) is 10.5 Å². The highest BCUT2D eigenvalue weighted by Crippen LogP contribution is 2.32. The molecule has 8 nitrogen and oxygen atoms in total. The van der Waals surface area contributed by atoms with E-state index >= 15 is 0 Å². The van der Waals surface area contributed by atoms with Gasteiger partial charge in [-0.05, 0) is 34.6 Å². The number of para-hydroxylation sites is 1. The van der Waals surface area contributed by atoms with Gasteiger partial charge in [0.25, 0.3) is 0 Å². The number of nitrogens with one attached hydrogen (secondary N) is 2. The Balaban J connectivity index is 1.86. The first-order valence-electron chi connectivity index (χ1n) is 11.3. The molecule has 34 heavy (non-hydrogen) atoms. The van der Waals surface area contributed by atoms with Gasteiger partial charge in [-0.25, -0.2) is 9.52 Å². The normalized spacial score (nSPS) is 11.9. The summed E-state index contributed by atoms with van der Waals surface area (Å²) in [7, 11) is -2.41. The van der Waals surface area contributed by atoms with Gasteiger partial charge in [-0.15, -0.1) is 0 Å². The predicted molar refractivity (Wildman–Crippen MR) is 135 cm³/mol. The molecule has 2 N–H and O–H groups in total. The van der Waals surface area contributed by atoms with Crippen LogP contribution in [-0.2, 0) is 30.3 Å². The van der Waals surface area contributed by atoms with Crippen molar-refractivity contribution in [2.45, 2.75) is 52.6 Å². The van der Waals surface area contributed by atoms with E-state index in [4.69, 9.17) is 0 Å². The van der Waals surface area contributed by atoms with Gasteiger partial charge in [0, 0.05) is 25.5 Å². The molecule has 0 unspecified atom stereocenters. The molecule has 9 heteroatoms. The number of carbonyl (C=O) groups is 1. The van der Waals surface area contributed by atoms with Crippen molar-refractivity contribution in [2.24, 2.45) is 7.05 Å². The molecule has 2 aromatic carbocycles. The minimum atomic E-state index is -4.17. The Labute approximate surface area is 202 Å². The molecule has 0 aliphatic rings. The standard InChI is InChI=1S/C25H33N5O3S/c1-18(2)22-12-9-13-23(19(3)4)24(22)26-25(31)28-34(32,33)30(16-20-10-7-6-8-11-20)17-21-14-15-29(5)27-21/h6-15,18-19H,16-17H2,1-5H3,(H2,26,28,31). The number of rotatable bonds is 9. The second kappa shape index (κ2) is 10.8. The van der Waals surface area contributed by atoms with Crippen LogP contribution in [-0.4, -0.2) is 28.5 Å². The lowest BCUT2D eigenvalue weighted by Crippen LogP contribution is -2.44. The first kappa shape index (κ1) is 25.5. The number of urea groups is 1. The van der Waals surface area contributed by atoms with Crippen molar-refractivity contribution in [1.29, 1.82) is 0 Å². The number of hydrogen-bond donors (Lipinski definition) is 2. The highest BCUT2D eigenvalue weighted by molar-refractivity contribution is 7.87. The van der Waals surface area contributed by atoms with Gasteiger partial charge in [-0.1, -0.05) is 76.2 Å². The minimum absolute atomic E-state index is 0.0260. The zero-order valence-corrected chi connectivity index (χ0v) is 21.1. The van der Waals surface area contributed by atoms with Crippen LogP contribution >= 0.6 is 0 Å². The molecular weight excluding hydrogens is 450 g/mol. The quantitative estimate of drug-likeness (QED) is 0.460. The monoisotopic (exact) mass is 483 g/mol. The second-order valence-corrected chi connectivity index (χ2v) is 10.6. The molecule has 0 fully saturated rings. The minimum Gasteiger partial charge on any atom is -0.307 e. The van der Waals surface area contributed by atoms with E-state index in [9.17, 15) is 13.2 Å². The van der Waals surface area contributed by atoms with Crippen molar-refractivity contribution in [1.82, 2.24) is 18.8 Å². The van der Waals surface area contributed by atoms with Crippen molar-refractivity contribution in [3.63, 3.8) is 0 Å². The van der Waals surface area contributed by atoms with Gasteiger partial charge < -0.3 is 5.32 Å². The van der Waals surface area contributed by atoms with Crippen molar-refractivity contribution in [3.8, 4) is 0 Å². The fraction of sp³-hybridized carbons (Fsp3) is 0.360. The molecule has 182 valence electrons. The SMILES string of the molecule is CC(C)c1cccc(C(C)C)c1NC(=O)NS(=O)(=O)N(Cc1ccccc1)Cc1ccn(C)n1. The molecule has 0 bridgehead atoms. The van der Waals surface area contributed by atoms with Crippen molar-refractivity contribution < 1.29 is 13.2 Å². The summed E-state index contributed by atoms with van der Waals surface area (Å²) in [4.78, 5) is 12.9. The molecule has 0 saturated heterocycles. The summed E-state index contributed by atoms with van der Waals surface area (Å²) in [5, 5.41) is 7.11. The van der Waals surface area contributed by atoms with E-state index in [1.165, 1.54) is 4.31 Å². The summed E-state index contributed by atoms with van der Waals surface area (Å²) < 4.78 is 31.6. The second-order valence-electron chi connectivity index (χ2n) is 8.92. The number of hydrogen-bond acceptors (Lipinski definition) is 4. The van der Waals surface area contributed by atoms with Gasteiger partial charge in [-0.3, -0.25) is 4.68 Å². The molecule has 0 spiro atoms. The van der Waals surface area contributed by atoms with Crippen LogP contribution in [0.15, 0.2) is 60.8 Å². The maximum atomic E-state index is 13.3. The third kappa shape index (κ3) is 6.45. The highest BCUT2D eigenvalue weighted by atomic mass is 32.2. The molecule has 2 amide bonds. The number of nitrogens with zero attached hydrogens (tertiary/aromatic N) is 3. The topological polar surface area (TPSA) is 96.3 Å². The Morgan fingerprint density at radius 1 is 0.941 bits per heavy atom. The lowest BCUT2D eigenvalue weighted by atomic mass is 9.93. The summed E-state index contributed by atoms with van der Waals surface area (Å²) in [5.74, 6) is 0.314. The smallest absolute Gasteiger partial charge is 0.307 e. The molecule has 0 radical (unpaired) electrons. The van der Waals surface area contributed by atoms with Crippen LogP contribution in [0, 0.1) is 0 Å². The Morgan fingerprint density at radius 2 is 1.56 bits per heavy atom. The Bertz CT molecular complexity index is 1190. The van der Waals surface area contributed by atoms with Crippen LogP contribution in [0.3, 0.4) is 0 Å². The van der Waals surface area contributed by atoms with Gasteiger partial charge in [0.15, 0.2) is 0 Å². The molecule has 1 aromatic heterocycles. The van der Waals surface area contributed by atoms with Crippen LogP contribution in [0.5, 0.6) is 0 Å². The summed E-state index contributed by atoms with van der Waals surface area (Å²) in [6, 6.07) is 16.0. The van der Waals surface area contributed by atoms with E-state index in [0.717, 1.165) is 16.7 Å². The molecular formula is C25H33N5O3S. The van der Waals surface area contributed by atoms with E-state index in [1.807, 2.05) is 76.2 Å². The molecule has 0 aliphatic heterocycles.